The van der Waals surface area contributed by atoms with Crippen molar-refractivity contribution in [3.8, 4) is 5.75 Å². The van der Waals surface area contributed by atoms with Gasteiger partial charge in [0.2, 0.25) is 17.8 Å². The highest BCUT2D eigenvalue weighted by atomic mass is 16.5. The number of benzene rings is 1. The van der Waals surface area contributed by atoms with Gasteiger partial charge in [-0.25, -0.2) is 0 Å². The third kappa shape index (κ3) is 5.76. The molecule has 2 aromatic rings. The summed E-state index contributed by atoms with van der Waals surface area (Å²) in [7, 11) is 3.85. The Morgan fingerprint density at radius 2 is 1.65 bits per heavy atom. The molecule has 2 heterocycles. The summed E-state index contributed by atoms with van der Waals surface area (Å²) in [4.78, 5) is 18.9. The summed E-state index contributed by atoms with van der Waals surface area (Å²) >= 11 is 0. The molecule has 1 saturated carbocycles. The van der Waals surface area contributed by atoms with Gasteiger partial charge in [0.1, 0.15) is 5.75 Å². The van der Waals surface area contributed by atoms with E-state index in [1.807, 2.05) is 19.1 Å². The molecular weight excluding hydrogens is 390 g/mol. The van der Waals surface area contributed by atoms with E-state index in [1.54, 1.807) is 7.11 Å². The van der Waals surface area contributed by atoms with E-state index in [4.69, 9.17) is 19.7 Å². The lowest BCUT2D eigenvalue weighted by atomic mass is 10.1. The summed E-state index contributed by atoms with van der Waals surface area (Å²) in [5.41, 5.74) is 2.01. The average Bonchev–Trinajstić information content (AvgIpc) is 3.03. The molecule has 0 spiro atoms. The maximum atomic E-state index is 5.38. The van der Waals surface area contributed by atoms with Crippen LogP contribution in [0.2, 0.25) is 0 Å². The second-order valence-corrected chi connectivity index (χ2v) is 8.72. The van der Waals surface area contributed by atoms with Gasteiger partial charge in [0.15, 0.2) is 0 Å². The molecule has 2 aliphatic rings. The quantitative estimate of drug-likeness (QED) is 0.677. The number of hydrogen-bond acceptors (Lipinski definition) is 8. The fourth-order valence-electron chi connectivity index (χ4n) is 4.32. The number of nitrogens with one attached hydrogen (secondary N) is 2. The molecule has 0 unspecified atom stereocenters. The van der Waals surface area contributed by atoms with Gasteiger partial charge in [-0.15, -0.1) is 0 Å². The van der Waals surface area contributed by atoms with Gasteiger partial charge in [-0.1, -0.05) is 25.7 Å². The Balaban J connectivity index is 1.58. The smallest absolute Gasteiger partial charge is 0.233 e. The van der Waals surface area contributed by atoms with Crippen molar-refractivity contribution >= 4 is 23.5 Å². The number of anilines is 4. The van der Waals surface area contributed by atoms with E-state index in [0.29, 0.717) is 17.9 Å². The number of piperazine rings is 1. The first-order chi connectivity index (χ1) is 15.1. The standard InChI is InChI=1S/C23H35N7O/c1-17-16-19(10-11-20(17)31-3)25-22-26-21(24-18-8-6-4-5-7-9-18)27-23(28-22)30-14-12-29(2)13-15-30/h10-11,16,18H,4-9,12-15H2,1-3H3,(H2,24,25,26,27,28). The van der Waals surface area contributed by atoms with Crippen LogP contribution in [0.5, 0.6) is 5.75 Å². The van der Waals surface area contributed by atoms with Crippen molar-refractivity contribution in [2.45, 2.75) is 51.5 Å². The number of aromatic nitrogens is 3. The predicted molar refractivity (Wildman–Crippen MR) is 126 cm³/mol. The van der Waals surface area contributed by atoms with Gasteiger partial charge in [0.25, 0.3) is 0 Å². The number of nitrogens with zero attached hydrogens (tertiary/aromatic N) is 5. The van der Waals surface area contributed by atoms with Crippen LogP contribution in [0.25, 0.3) is 0 Å². The summed E-state index contributed by atoms with van der Waals surface area (Å²) in [6.45, 7) is 5.90. The van der Waals surface area contributed by atoms with Crippen LogP contribution in [0.3, 0.4) is 0 Å². The lowest BCUT2D eigenvalue weighted by Crippen LogP contribution is -2.45. The normalized spacial score (nSPS) is 18.5. The summed E-state index contributed by atoms with van der Waals surface area (Å²) in [6.07, 6.45) is 7.54. The zero-order valence-corrected chi connectivity index (χ0v) is 19.0. The predicted octanol–water partition coefficient (Wildman–Crippen LogP) is 3.82. The molecule has 4 rings (SSSR count). The van der Waals surface area contributed by atoms with E-state index in [-0.39, 0.29) is 0 Å². The van der Waals surface area contributed by atoms with Gasteiger partial charge < -0.3 is 25.2 Å². The Bertz CT molecular complexity index is 859. The number of methoxy groups -OCH3 is 1. The van der Waals surface area contributed by atoms with Crippen molar-refractivity contribution in [2.24, 2.45) is 0 Å². The van der Waals surface area contributed by atoms with Crippen LogP contribution in [-0.2, 0) is 0 Å². The van der Waals surface area contributed by atoms with Crippen molar-refractivity contribution in [1.82, 2.24) is 19.9 Å². The van der Waals surface area contributed by atoms with Crippen molar-refractivity contribution in [1.29, 1.82) is 0 Å². The monoisotopic (exact) mass is 425 g/mol. The minimum atomic E-state index is 0.432. The van der Waals surface area contributed by atoms with E-state index in [0.717, 1.165) is 49.1 Å². The first-order valence-electron chi connectivity index (χ1n) is 11.5. The molecule has 168 valence electrons. The Labute approximate surface area is 185 Å². The van der Waals surface area contributed by atoms with Crippen LogP contribution in [0.15, 0.2) is 18.2 Å². The van der Waals surface area contributed by atoms with Gasteiger partial charge in [0.05, 0.1) is 7.11 Å². The topological polar surface area (TPSA) is 78.4 Å². The molecule has 1 aliphatic carbocycles. The first-order valence-corrected chi connectivity index (χ1v) is 11.5. The van der Waals surface area contributed by atoms with Crippen LogP contribution in [0.4, 0.5) is 23.5 Å². The Hall–Kier alpha value is -2.61. The molecule has 1 saturated heterocycles. The molecule has 8 heteroatoms. The fourth-order valence-corrected chi connectivity index (χ4v) is 4.32. The summed E-state index contributed by atoms with van der Waals surface area (Å²) in [5.74, 6) is 2.86. The van der Waals surface area contributed by atoms with E-state index in [2.05, 4.69) is 33.5 Å². The molecule has 0 amide bonds. The van der Waals surface area contributed by atoms with Crippen LogP contribution in [0, 0.1) is 6.92 Å². The van der Waals surface area contributed by atoms with Gasteiger partial charge in [0, 0.05) is 37.9 Å². The van der Waals surface area contributed by atoms with Gasteiger partial charge >= 0.3 is 0 Å². The number of aryl methyl sites for hydroxylation is 1. The molecular formula is C23H35N7O. The van der Waals surface area contributed by atoms with Gasteiger partial charge in [-0.3, -0.25) is 0 Å². The van der Waals surface area contributed by atoms with Crippen LogP contribution in [-0.4, -0.2) is 66.2 Å². The molecule has 2 fully saturated rings. The molecule has 0 radical (unpaired) electrons. The summed E-state index contributed by atoms with van der Waals surface area (Å²) < 4.78 is 5.38. The number of likely N-dealkylation sites (N-methyl/N-ethyl adjacent to an activating group) is 1. The third-order valence-corrected chi connectivity index (χ3v) is 6.25. The highest BCUT2D eigenvalue weighted by Crippen LogP contribution is 2.25. The van der Waals surface area contributed by atoms with Crippen molar-refractivity contribution < 1.29 is 4.74 Å². The molecule has 1 aliphatic heterocycles. The highest BCUT2D eigenvalue weighted by Gasteiger charge is 2.20. The van der Waals surface area contributed by atoms with Crippen LogP contribution in [0.1, 0.15) is 44.1 Å². The summed E-state index contributed by atoms with van der Waals surface area (Å²) in [6, 6.07) is 6.44. The maximum absolute atomic E-state index is 5.38. The third-order valence-electron chi connectivity index (χ3n) is 6.25. The first kappa shape index (κ1) is 21.6. The minimum Gasteiger partial charge on any atom is -0.496 e. The fraction of sp³-hybridized carbons (Fsp3) is 0.609. The average molecular weight is 426 g/mol. The molecule has 2 N–H and O–H groups in total. The number of rotatable bonds is 6. The van der Waals surface area contributed by atoms with E-state index < -0.39 is 0 Å². The SMILES string of the molecule is COc1ccc(Nc2nc(NC3CCCCCC3)nc(N3CCN(C)CC3)n2)cc1C. The molecule has 8 nitrogen and oxygen atoms in total. The van der Waals surface area contributed by atoms with E-state index in [1.165, 1.54) is 38.5 Å². The Kier molecular flexibility index (Phi) is 7.06. The van der Waals surface area contributed by atoms with Gasteiger partial charge in [-0.05, 0) is 50.6 Å². The second kappa shape index (κ2) is 10.1. The molecule has 0 atom stereocenters. The number of ether oxygens (including phenoxy) is 1. The van der Waals surface area contributed by atoms with Crippen LogP contribution < -0.4 is 20.3 Å². The lowest BCUT2D eigenvalue weighted by molar-refractivity contribution is 0.311. The van der Waals surface area contributed by atoms with Crippen molar-refractivity contribution in [2.75, 3.05) is 55.9 Å². The lowest BCUT2D eigenvalue weighted by Gasteiger charge is -2.32. The van der Waals surface area contributed by atoms with Crippen molar-refractivity contribution in [3.63, 3.8) is 0 Å². The van der Waals surface area contributed by atoms with Gasteiger partial charge in [-0.2, -0.15) is 15.0 Å². The molecule has 31 heavy (non-hydrogen) atoms. The zero-order valence-electron chi connectivity index (χ0n) is 19.0. The summed E-state index contributed by atoms with van der Waals surface area (Å²) in [5, 5.41) is 6.99. The molecule has 1 aromatic heterocycles. The minimum absolute atomic E-state index is 0.432. The zero-order chi connectivity index (χ0) is 21.6. The second-order valence-electron chi connectivity index (χ2n) is 8.72. The van der Waals surface area contributed by atoms with Crippen LogP contribution >= 0.6 is 0 Å². The van der Waals surface area contributed by atoms with Crippen molar-refractivity contribution in [3.05, 3.63) is 23.8 Å². The maximum Gasteiger partial charge on any atom is 0.233 e. The largest absolute Gasteiger partial charge is 0.496 e. The molecule has 0 bridgehead atoms. The Morgan fingerprint density at radius 3 is 2.32 bits per heavy atom. The van der Waals surface area contributed by atoms with E-state index in [9.17, 15) is 0 Å². The molecule has 1 aromatic carbocycles. The highest BCUT2D eigenvalue weighted by molar-refractivity contribution is 5.59. The van der Waals surface area contributed by atoms with E-state index >= 15 is 0 Å². The number of hydrogen-bond donors (Lipinski definition) is 2. The Morgan fingerprint density at radius 1 is 0.935 bits per heavy atom.